The van der Waals surface area contributed by atoms with Gasteiger partial charge in [0.25, 0.3) is 0 Å². The molecule has 0 aliphatic carbocycles. The standard InChI is InChI=1S/C16H21BrN4/c1-5-6-14-20-15(18-4)11(3)16(21-14)19-13-8-10(2)7-12(17)9-13/h7-9H,5-6H2,1-4H3,(H2,18,19,20,21). The van der Waals surface area contributed by atoms with Crippen molar-refractivity contribution < 1.29 is 0 Å². The molecular formula is C16H21BrN4. The molecule has 0 atom stereocenters. The molecule has 2 N–H and O–H groups in total. The first-order valence-corrected chi connectivity index (χ1v) is 7.92. The molecule has 0 aliphatic heterocycles. The summed E-state index contributed by atoms with van der Waals surface area (Å²) in [6, 6.07) is 6.23. The third-order valence-electron chi connectivity index (χ3n) is 3.21. The van der Waals surface area contributed by atoms with Crippen molar-refractivity contribution in [3.8, 4) is 0 Å². The van der Waals surface area contributed by atoms with Gasteiger partial charge in [-0.15, -0.1) is 0 Å². The van der Waals surface area contributed by atoms with E-state index >= 15 is 0 Å². The van der Waals surface area contributed by atoms with Crippen molar-refractivity contribution in [1.82, 2.24) is 9.97 Å². The summed E-state index contributed by atoms with van der Waals surface area (Å²) in [5.41, 5.74) is 3.24. The van der Waals surface area contributed by atoms with Crippen LogP contribution in [0.5, 0.6) is 0 Å². The average Bonchev–Trinajstić information content (AvgIpc) is 2.41. The summed E-state index contributed by atoms with van der Waals surface area (Å²) in [5, 5.41) is 6.55. The van der Waals surface area contributed by atoms with Crippen LogP contribution in [-0.4, -0.2) is 17.0 Å². The van der Waals surface area contributed by atoms with Gasteiger partial charge in [-0.1, -0.05) is 22.9 Å². The molecule has 21 heavy (non-hydrogen) atoms. The molecule has 0 amide bonds. The van der Waals surface area contributed by atoms with Gasteiger partial charge in [-0.25, -0.2) is 9.97 Å². The zero-order valence-corrected chi connectivity index (χ0v) is 14.5. The predicted octanol–water partition coefficient (Wildman–Crippen LogP) is 4.59. The fraction of sp³-hybridized carbons (Fsp3) is 0.375. The first-order valence-electron chi connectivity index (χ1n) is 7.13. The Labute approximate surface area is 134 Å². The first-order chi connectivity index (χ1) is 10.0. The van der Waals surface area contributed by atoms with Gasteiger partial charge in [-0.2, -0.15) is 0 Å². The lowest BCUT2D eigenvalue weighted by Crippen LogP contribution is -2.07. The van der Waals surface area contributed by atoms with E-state index in [0.717, 1.165) is 46.0 Å². The minimum absolute atomic E-state index is 0.857. The molecular weight excluding hydrogens is 328 g/mol. The van der Waals surface area contributed by atoms with Crippen LogP contribution in [0.4, 0.5) is 17.3 Å². The predicted molar refractivity (Wildman–Crippen MR) is 92.5 cm³/mol. The van der Waals surface area contributed by atoms with Gasteiger partial charge in [0.1, 0.15) is 17.5 Å². The summed E-state index contributed by atoms with van der Waals surface area (Å²) in [5.74, 6) is 2.60. The molecule has 4 nitrogen and oxygen atoms in total. The number of hydrogen-bond acceptors (Lipinski definition) is 4. The maximum atomic E-state index is 4.65. The van der Waals surface area contributed by atoms with Gasteiger partial charge in [0, 0.05) is 29.2 Å². The van der Waals surface area contributed by atoms with Crippen LogP contribution in [-0.2, 0) is 6.42 Å². The van der Waals surface area contributed by atoms with E-state index < -0.39 is 0 Å². The number of hydrogen-bond donors (Lipinski definition) is 2. The Morgan fingerprint density at radius 1 is 1.10 bits per heavy atom. The largest absolute Gasteiger partial charge is 0.373 e. The Morgan fingerprint density at radius 3 is 2.43 bits per heavy atom. The van der Waals surface area contributed by atoms with Crippen LogP contribution in [0.25, 0.3) is 0 Å². The number of benzene rings is 1. The van der Waals surface area contributed by atoms with Crippen molar-refractivity contribution in [2.45, 2.75) is 33.6 Å². The topological polar surface area (TPSA) is 49.8 Å². The van der Waals surface area contributed by atoms with Crippen molar-refractivity contribution in [3.05, 3.63) is 39.6 Å². The summed E-state index contributed by atoms with van der Waals surface area (Å²) in [7, 11) is 1.89. The smallest absolute Gasteiger partial charge is 0.139 e. The maximum absolute atomic E-state index is 4.65. The van der Waals surface area contributed by atoms with E-state index in [1.54, 1.807) is 0 Å². The summed E-state index contributed by atoms with van der Waals surface area (Å²) in [6.45, 7) is 6.23. The molecule has 0 unspecified atom stereocenters. The second-order valence-electron chi connectivity index (χ2n) is 5.10. The van der Waals surface area contributed by atoms with Gasteiger partial charge in [-0.3, -0.25) is 0 Å². The van der Waals surface area contributed by atoms with Crippen molar-refractivity contribution >= 4 is 33.3 Å². The molecule has 0 saturated heterocycles. The number of nitrogens with one attached hydrogen (secondary N) is 2. The molecule has 0 spiro atoms. The SMILES string of the molecule is CCCc1nc(NC)c(C)c(Nc2cc(C)cc(Br)c2)n1. The Hall–Kier alpha value is -1.62. The summed E-state index contributed by atoms with van der Waals surface area (Å²) < 4.78 is 1.05. The highest BCUT2D eigenvalue weighted by molar-refractivity contribution is 9.10. The fourth-order valence-corrected chi connectivity index (χ4v) is 2.82. The average molecular weight is 349 g/mol. The van der Waals surface area contributed by atoms with Gasteiger partial charge >= 0.3 is 0 Å². The highest BCUT2D eigenvalue weighted by atomic mass is 79.9. The maximum Gasteiger partial charge on any atom is 0.139 e. The molecule has 0 fully saturated rings. The zero-order valence-electron chi connectivity index (χ0n) is 12.9. The van der Waals surface area contributed by atoms with Crippen molar-refractivity contribution in [2.75, 3.05) is 17.7 Å². The van der Waals surface area contributed by atoms with E-state index in [1.807, 2.05) is 20.0 Å². The lowest BCUT2D eigenvalue weighted by atomic mass is 10.2. The first kappa shape index (κ1) is 15.8. The minimum atomic E-state index is 0.857. The molecule has 0 saturated carbocycles. The fourth-order valence-electron chi connectivity index (χ4n) is 2.21. The molecule has 0 radical (unpaired) electrons. The number of halogens is 1. The Morgan fingerprint density at radius 2 is 1.81 bits per heavy atom. The summed E-state index contributed by atoms with van der Waals surface area (Å²) in [4.78, 5) is 9.19. The third kappa shape index (κ3) is 3.94. The molecule has 0 bridgehead atoms. The molecule has 2 aromatic rings. The summed E-state index contributed by atoms with van der Waals surface area (Å²) in [6.07, 6.45) is 1.91. The monoisotopic (exact) mass is 348 g/mol. The van der Waals surface area contributed by atoms with Crippen molar-refractivity contribution in [3.63, 3.8) is 0 Å². The molecule has 1 aromatic heterocycles. The number of aryl methyl sites for hydroxylation is 2. The molecule has 5 heteroatoms. The van der Waals surface area contributed by atoms with Gasteiger partial charge in [0.05, 0.1) is 0 Å². The molecule has 112 valence electrons. The lowest BCUT2D eigenvalue weighted by molar-refractivity contribution is 0.835. The van der Waals surface area contributed by atoms with Crippen molar-refractivity contribution in [1.29, 1.82) is 0 Å². The Kier molecular flexibility index (Phi) is 5.17. The number of nitrogens with zero attached hydrogens (tertiary/aromatic N) is 2. The van der Waals surface area contributed by atoms with E-state index in [1.165, 1.54) is 5.56 Å². The molecule has 0 aliphatic rings. The van der Waals surface area contributed by atoms with E-state index in [-0.39, 0.29) is 0 Å². The highest BCUT2D eigenvalue weighted by Crippen LogP contribution is 2.26. The Balaban J connectivity index is 2.39. The second kappa shape index (κ2) is 6.89. The van der Waals surface area contributed by atoms with E-state index in [9.17, 15) is 0 Å². The van der Waals surface area contributed by atoms with Crippen LogP contribution in [0.3, 0.4) is 0 Å². The summed E-state index contributed by atoms with van der Waals surface area (Å²) >= 11 is 3.53. The van der Waals surface area contributed by atoms with Crippen LogP contribution in [0.2, 0.25) is 0 Å². The lowest BCUT2D eigenvalue weighted by Gasteiger charge is -2.14. The van der Waals surface area contributed by atoms with Gasteiger partial charge in [0.2, 0.25) is 0 Å². The van der Waals surface area contributed by atoms with Crippen LogP contribution in [0.1, 0.15) is 30.3 Å². The van der Waals surface area contributed by atoms with Crippen molar-refractivity contribution in [2.24, 2.45) is 0 Å². The normalized spacial score (nSPS) is 10.5. The van der Waals surface area contributed by atoms with Crippen LogP contribution in [0, 0.1) is 13.8 Å². The van der Waals surface area contributed by atoms with Gasteiger partial charge < -0.3 is 10.6 Å². The minimum Gasteiger partial charge on any atom is -0.373 e. The molecule has 2 rings (SSSR count). The molecule has 1 heterocycles. The third-order valence-corrected chi connectivity index (χ3v) is 3.67. The van der Waals surface area contributed by atoms with Gasteiger partial charge in [-0.05, 0) is 44.0 Å². The van der Waals surface area contributed by atoms with E-state index in [0.29, 0.717) is 0 Å². The van der Waals surface area contributed by atoms with Crippen LogP contribution in [0.15, 0.2) is 22.7 Å². The van der Waals surface area contributed by atoms with Crippen LogP contribution < -0.4 is 10.6 Å². The van der Waals surface area contributed by atoms with E-state index in [2.05, 4.69) is 62.5 Å². The Bertz CT molecular complexity index is 620. The second-order valence-corrected chi connectivity index (χ2v) is 6.02. The number of rotatable bonds is 5. The number of anilines is 3. The number of aromatic nitrogens is 2. The van der Waals surface area contributed by atoms with E-state index in [4.69, 9.17) is 0 Å². The van der Waals surface area contributed by atoms with Crippen LogP contribution >= 0.6 is 15.9 Å². The quantitative estimate of drug-likeness (QED) is 0.829. The zero-order chi connectivity index (χ0) is 15.4. The molecule has 1 aromatic carbocycles. The highest BCUT2D eigenvalue weighted by Gasteiger charge is 2.10. The van der Waals surface area contributed by atoms with Gasteiger partial charge in [0.15, 0.2) is 0 Å².